The third-order valence-corrected chi connectivity index (χ3v) is 5.49. The minimum absolute atomic E-state index is 0.0688. The van der Waals surface area contributed by atoms with Gasteiger partial charge in [0.25, 0.3) is 11.1 Å². The summed E-state index contributed by atoms with van der Waals surface area (Å²) in [5.74, 6) is 1.00. The largest absolute Gasteiger partial charge is 0.486 e. The number of carbonyl (C=O) groups excluding carboxylic acids is 1. The molecule has 9 nitrogen and oxygen atoms in total. The normalized spacial score (nSPS) is 12.6. The van der Waals surface area contributed by atoms with E-state index >= 15 is 0 Å². The molecule has 0 bridgehead atoms. The van der Waals surface area contributed by atoms with Crippen LogP contribution in [-0.2, 0) is 17.8 Å². The van der Waals surface area contributed by atoms with Gasteiger partial charge in [0.05, 0.1) is 6.33 Å². The van der Waals surface area contributed by atoms with Crippen molar-refractivity contribution in [2.45, 2.75) is 26.3 Å². The molecular formula is C24H22N4O5. The molecule has 0 saturated heterocycles. The lowest BCUT2D eigenvalue weighted by Gasteiger charge is -2.19. The standard InChI is InChI=1S/C24H22N4O5/c1-2-15-3-5-16(6-4-15)21-22-23(33-27-21)24(30)28(14-25-22)10-9-20(29)26-17-7-8-18-19(13-17)32-12-11-31-18/h3-8,13-14H,2,9-12H2,1H3,(H,26,29). The van der Waals surface area contributed by atoms with Gasteiger partial charge in [0.2, 0.25) is 5.91 Å². The van der Waals surface area contributed by atoms with Crippen LogP contribution in [0.2, 0.25) is 0 Å². The van der Waals surface area contributed by atoms with Crippen LogP contribution >= 0.6 is 0 Å². The molecule has 5 rings (SSSR count). The van der Waals surface area contributed by atoms with Crippen LogP contribution in [0.25, 0.3) is 22.4 Å². The van der Waals surface area contributed by atoms with Crippen LogP contribution in [0.4, 0.5) is 5.69 Å². The van der Waals surface area contributed by atoms with Gasteiger partial charge in [0.15, 0.2) is 11.5 Å². The van der Waals surface area contributed by atoms with E-state index in [0.29, 0.717) is 41.6 Å². The van der Waals surface area contributed by atoms with E-state index in [1.54, 1.807) is 18.2 Å². The maximum absolute atomic E-state index is 12.8. The van der Waals surface area contributed by atoms with Gasteiger partial charge in [-0.1, -0.05) is 36.3 Å². The zero-order valence-corrected chi connectivity index (χ0v) is 18.0. The van der Waals surface area contributed by atoms with E-state index in [4.69, 9.17) is 14.0 Å². The van der Waals surface area contributed by atoms with E-state index in [9.17, 15) is 9.59 Å². The van der Waals surface area contributed by atoms with E-state index in [2.05, 4.69) is 22.4 Å². The number of ether oxygens (including phenoxy) is 2. The fourth-order valence-electron chi connectivity index (χ4n) is 3.67. The van der Waals surface area contributed by atoms with Crippen LogP contribution in [0.5, 0.6) is 11.5 Å². The number of rotatable bonds is 6. The Kier molecular flexibility index (Phi) is 5.52. The molecule has 168 valence electrons. The second kappa shape index (κ2) is 8.78. The van der Waals surface area contributed by atoms with Crippen LogP contribution in [0, 0.1) is 0 Å². The van der Waals surface area contributed by atoms with Gasteiger partial charge in [0.1, 0.15) is 24.4 Å². The number of nitrogens with zero attached hydrogens (tertiary/aromatic N) is 3. The van der Waals surface area contributed by atoms with Gasteiger partial charge in [-0.2, -0.15) is 0 Å². The summed E-state index contributed by atoms with van der Waals surface area (Å²) in [4.78, 5) is 29.6. The summed E-state index contributed by atoms with van der Waals surface area (Å²) < 4.78 is 17.7. The first kappa shape index (κ1) is 20.7. The number of amides is 1. The van der Waals surface area contributed by atoms with Gasteiger partial charge in [0, 0.05) is 30.3 Å². The summed E-state index contributed by atoms with van der Waals surface area (Å²) in [6.45, 7) is 3.21. The third-order valence-electron chi connectivity index (χ3n) is 5.49. The Labute approximate surface area is 188 Å². The molecule has 0 saturated carbocycles. The van der Waals surface area contributed by atoms with Crippen LogP contribution in [0.3, 0.4) is 0 Å². The highest BCUT2D eigenvalue weighted by molar-refractivity contribution is 5.91. The van der Waals surface area contributed by atoms with Crippen molar-refractivity contribution in [3.05, 3.63) is 64.7 Å². The number of aryl methyl sites for hydroxylation is 2. The van der Waals surface area contributed by atoms with E-state index in [-0.39, 0.29) is 30.0 Å². The second-order valence-electron chi connectivity index (χ2n) is 7.66. The second-order valence-corrected chi connectivity index (χ2v) is 7.66. The Morgan fingerprint density at radius 1 is 1.09 bits per heavy atom. The number of aromatic nitrogens is 3. The smallest absolute Gasteiger partial charge is 0.299 e. The summed E-state index contributed by atoms with van der Waals surface area (Å²) >= 11 is 0. The maximum Gasteiger partial charge on any atom is 0.299 e. The maximum atomic E-state index is 12.8. The molecule has 4 aromatic rings. The Morgan fingerprint density at radius 2 is 1.88 bits per heavy atom. The number of anilines is 1. The predicted octanol–water partition coefficient (Wildman–Crippen LogP) is 3.41. The summed E-state index contributed by atoms with van der Waals surface area (Å²) in [6.07, 6.45) is 2.44. The first-order valence-electron chi connectivity index (χ1n) is 10.8. The highest BCUT2D eigenvalue weighted by atomic mass is 16.6. The van der Waals surface area contributed by atoms with Crippen LogP contribution in [-0.4, -0.2) is 33.8 Å². The average molecular weight is 446 g/mol. The zero-order valence-electron chi connectivity index (χ0n) is 18.0. The molecule has 9 heteroatoms. The number of hydrogen-bond acceptors (Lipinski definition) is 7. The monoisotopic (exact) mass is 446 g/mol. The van der Waals surface area contributed by atoms with E-state index in [1.165, 1.54) is 16.5 Å². The van der Waals surface area contributed by atoms with Crippen molar-refractivity contribution >= 4 is 22.7 Å². The van der Waals surface area contributed by atoms with Gasteiger partial charge in [-0.05, 0) is 24.1 Å². The minimum atomic E-state index is -0.379. The van der Waals surface area contributed by atoms with Crippen molar-refractivity contribution in [1.29, 1.82) is 0 Å². The van der Waals surface area contributed by atoms with E-state index in [1.807, 2.05) is 24.3 Å². The summed E-state index contributed by atoms with van der Waals surface area (Å²) in [7, 11) is 0. The van der Waals surface area contributed by atoms with Crippen LogP contribution in [0.1, 0.15) is 18.9 Å². The summed E-state index contributed by atoms with van der Waals surface area (Å²) in [6, 6.07) is 13.1. The zero-order chi connectivity index (χ0) is 22.8. The van der Waals surface area contributed by atoms with Crippen molar-refractivity contribution in [3.8, 4) is 22.8 Å². The lowest BCUT2D eigenvalue weighted by Crippen LogP contribution is -2.23. The highest BCUT2D eigenvalue weighted by Crippen LogP contribution is 2.32. The lowest BCUT2D eigenvalue weighted by atomic mass is 10.1. The summed E-state index contributed by atoms with van der Waals surface area (Å²) in [5, 5.41) is 6.86. The Hall–Kier alpha value is -4.14. The number of carbonyl (C=O) groups is 1. The molecule has 2 aromatic carbocycles. The van der Waals surface area contributed by atoms with Crippen molar-refractivity contribution in [3.63, 3.8) is 0 Å². The van der Waals surface area contributed by atoms with Crippen LogP contribution in [0.15, 0.2) is 58.1 Å². The van der Waals surface area contributed by atoms with Crippen molar-refractivity contribution in [2.24, 2.45) is 0 Å². The molecule has 33 heavy (non-hydrogen) atoms. The SMILES string of the molecule is CCc1ccc(-c2noc3c(=O)n(CCC(=O)Nc4ccc5c(c4)OCCO5)cnc23)cc1. The predicted molar refractivity (Wildman–Crippen MR) is 122 cm³/mol. The van der Waals surface area contributed by atoms with Crippen molar-refractivity contribution in [2.75, 3.05) is 18.5 Å². The molecule has 0 unspecified atom stereocenters. The van der Waals surface area contributed by atoms with Gasteiger partial charge in [-0.15, -0.1) is 0 Å². The summed E-state index contributed by atoms with van der Waals surface area (Å²) in [5.41, 5.74) is 3.25. The molecule has 1 N–H and O–H groups in total. The third kappa shape index (κ3) is 4.17. The number of hydrogen-bond donors (Lipinski definition) is 1. The first-order chi connectivity index (χ1) is 16.1. The van der Waals surface area contributed by atoms with Gasteiger partial charge in [-0.25, -0.2) is 4.98 Å². The number of benzene rings is 2. The first-order valence-corrected chi connectivity index (χ1v) is 10.8. The number of nitrogens with one attached hydrogen (secondary N) is 1. The van der Waals surface area contributed by atoms with Gasteiger partial charge >= 0.3 is 0 Å². The number of fused-ring (bicyclic) bond motifs is 2. The molecule has 3 heterocycles. The fraction of sp³-hybridized carbons (Fsp3) is 0.250. The molecule has 2 aromatic heterocycles. The molecule has 0 atom stereocenters. The topological polar surface area (TPSA) is 108 Å². The molecule has 1 amide bonds. The molecule has 0 aliphatic carbocycles. The molecule has 0 fully saturated rings. The van der Waals surface area contributed by atoms with E-state index < -0.39 is 0 Å². The quantitative estimate of drug-likeness (QED) is 0.483. The Morgan fingerprint density at radius 3 is 2.67 bits per heavy atom. The lowest BCUT2D eigenvalue weighted by molar-refractivity contribution is -0.116. The Bertz CT molecular complexity index is 1370. The molecule has 0 radical (unpaired) electrons. The molecular weight excluding hydrogens is 424 g/mol. The molecule has 1 aliphatic heterocycles. The average Bonchev–Trinajstić information content (AvgIpc) is 3.28. The van der Waals surface area contributed by atoms with E-state index in [0.717, 1.165) is 12.0 Å². The van der Waals surface area contributed by atoms with Gasteiger partial charge < -0.3 is 19.3 Å². The fourth-order valence-corrected chi connectivity index (χ4v) is 3.67. The van der Waals surface area contributed by atoms with Gasteiger partial charge in [-0.3, -0.25) is 14.2 Å². The Balaban J connectivity index is 1.29. The molecule has 0 spiro atoms. The molecule has 1 aliphatic rings. The van der Waals surface area contributed by atoms with Crippen LogP contribution < -0.4 is 20.3 Å². The minimum Gasteiger partial charge on any atom is -0.486 e. The highest BCUT2D eigenvalue weighted by Gasteiger charge is 2.17. The van der Waals surface area contributed by atoms with Crippen molar-refractivity contribution < 1.29 is 18.8 Å². The van der Waals surface area contributed by atoms with Crippen molar-refractivity contribution in [1.82, 2.24) is 14.7 Å².